The maximum atomic E-state index is 12.9. The lowest BCUT2D eigenvalue weighted by molar-refractivity contribution is -0.131. The fourth-order valence-electron chi connectivity index (χ4n) is 1.41. The van der Waals surface area contributed by atoms with Crippen LogP contribution in [0.3, 0.4) is 0 Å². The van der Waals surface area contributed by atoms with Crippen molar-refractivity contribution in [2.45, 2.75) is 0 Å². The van der Waals surface area contributed by atoms with Crippen LogP contribution in [0, 0.1) is 5.82 Å². The molecular formula is C11H8FNO5S. The molecule has 2 rings (SSSR count). The molecule has 0 saturated carbocycles. The first-order valence-corrected chi connectivity index (χ1v) is 6.50. The summed E-state index contributed by atoms with van der Waals surface area (Å²) in [6.45, 7) is -0.264. The van der Waals surface area contributed by atoms with Crippen LogP contribution in [0.25, 0.3) is 0 Å². The number of hydrogen-bond acceptors (Lipinski definition) is 4. The van der Waals surface area contributed by atoms with E-state index in [1.807, 2.05) is 0 Å². The van der Waals surface area contributed by atoms with Crippen molar-refractivity contribution in [2.75, 3.05) is 6.61 Å². The summed E-state index contributed by atoms with van der Waals surface area (Å²) in [5.41, 5.74) is -0.0540. The van der Waals surface area contributed by atoms with Gasteiger partial charge in [-0.05, 0) is 18.2 Å². The molecule has 19 heavy (non-hydrogen) atoms. The van der Waals surface area contributed by atoms with Crippen LogP contribution >= 0.6 is 0 Å². The second-order valence-corrected chi connectivity index (χ2v) is 5.19. The average Bonchev–Trinajstić information content (AvgIpc) is 2.62. The number of carboxylic acid groups (broad SMARTS) is 1. The smallest absolute Gasteiger partial charge is 0.349 e. The zero-order valence-corrected chi connectivity index (χ0v) is 10.2. The highest BCUT2D eigenvalue weighted by atomic mass is 32.2. The summed E-state index contributed by atoms with van der Waals surface area (Å²) in [4.78, 5) is 9.87. The molecule has 0 aliphatic carbocycles. The molecule has 1 aliphatic heterocycles. The van der Waals surface area contributed by atoms with Gasteiger partial charge in [0.25, 0.3) is 10.0 Å². The molecule has 0 aromatic heterocycles. The van der Waals surface area contributed by atoms with Gasteiger partial charge in [-0.15, -0.1) is 0 Å². The van der Waals surface area contributed by atoms with Gasteiger partial charge < -0.3 is 9.84 Å². The van der Waals surface area contributed by atoms with Gasteiger partial charge in [0.05, 0.1) is 5.71 Å². The molecule has 0 fully saturated rings. The lowest BCUT2D eigenvalue weighted by Gasteiger charge is -2.03. The second-order valence-electron chi connectivity index (χ2n) is 3.62. The molecule has 0 bridgehead atoms. The van der Waals surface area contributed by atoms with Crippen molar-refractivity contribution in [1.29, 1.82) is 0 Å². The predicted molar refractivity (Wildman–Crippen MR) is 64.0 cm³/mol. The van der Waals surface area contributed by atoms with E-state index in [2.05, 4.69) is 4.40 Å². The highest BCUT2D eigenvalue weighted by molar-refractivity contribution is 7.95. The van der Waals surface area contributed by atoms with Gasteiger partial charge in [0.15, 0.2) is 4.91 Å². The van der Waals surface area contributed by atoms with Crippen LogP contribution in [0.4, 0.5) is 4.39 Å². The lowest BCUT2D eigenvalue weighted by atomic mass is 10.3. The van der Waals surface area contributed by atoms with Crippen LogP contribution < -0.4 is 4.74 Å². The van der Waals surface area contributed by atoms with Crippen LogP contribution in [0.1, 0.15) is 0 Å². The standard InChI is InChI=1S/C11H8FNO5S/c12-7-2-1-3-9(4-7)18-6-8-5-10(11(14)15)19(16,17)13-8/h1-5H,6H2,(H,14,15). The SMILES string of the molecule is O=C(O)C1=CC(COc2cccc(F)c2)=NS1(=O)=O. The number of carbonyl (C=O) groups is 1. The van der Waals surface area contributed by atoms with Gasteiger partial charge in [0, 0.05) is 6.07 Å². The van der Waals surface area contributed by atoms with Gasteiger partial charge in [-0.3, -0.25) is 0 Å². The largest absolute Gasteiger partial charge is 0.487 e. The van der Waals surface area contributed by atoms with Crippen LogP contribution in [0.2, 0.25) is 0 Å². The van der Waals surface area contributed by atoms with Crippen LogP contribution in [-0.2, 0) is 14.8 Å². The van der Waals surface area contributed by atoms with Crippen molar-refractivity contribution in [2.24, 2.45) is 4.40 Å². The quantitative estimate of drug-likeness (QED) is 0.889. The Bertz CT molecular complexity index is 693. The fourth-order valence-corrected chi connectivity index (χ4v) is 2.43. The van der Waals surface area contributed by atoms with Gasteiger partial charge in [0.2, 0.25) is 0 Å². The van der Waals surface area contributed by atoms with Crippen LogP contribution in [0.15, 0.2) is 39.6 Å². The topological polar surface area (TPSA) is 93.0 Å². The Balaban J connectivity index is 2.12. The van der Waals surface area contributed by atoms with E-state index in [9.17, 15) is 17.6 Å². The van der Waals surface area contributed by atoms with Gasteiger partial charge in [-0.1, -0.05) is 6.07 Å². The highest BCUT2D eigenvalue weighted by Crippen LogP contribution is 2.18. The summed E-state index contributed by atoms with van der Waals surface area (Å²) < 4.78 is 43.9. The summed E-state index contributed by atoms with van der Waals surface area (Å²) in [6.07, 6.45) is 0.914. The minimum Gasteiger partial charge on any atom is -0.487 e. The summed E-state index contributed by atoms with van der Waals surface area (Å²) in [5, 5.41) is 8.68. The summed E-state index contributed by atoms with van der Waals surface area (Å²) >= 11 is 0. The number of benzene rings is 1. The minimum absolute atomic E-state index is 0.0540. The summed E-state index contributed by atoms with van der Waals surface area (Å²) in [6, 6.07) is 5.25. The number of rotatable bonds is 4. The van der Waals surface area contributed by atoms with E-state index in [1.54, 1.807) is 0 Å². The van der Waals surface area contributed by atoms with E-state index in [1.165, 1.54) is 18.2 Å². The first-order chi connectivity index (χ1) is 8.88. The van der Waals surface area contributed by atoms with Gasteiger partial charge in [-0.2, -0.15) is 12.8 Å². The molecule has 1 aromatic rings. The number of aliphatic carboxylic acids is 1. The van der Waals surface area contributed by atoms with Crippen molar-refractivity contribution in [3.63, 3.8) is 0 Å². The maximum Gasteiger partial charge on any atom is 0.349 e. The van der Waals surface area contributed by atoms with Crippen molar-refractivity contribution < 1.29 is 27.4 Å². The zero-order valence-electron chi connectivity index (χ0n) is 9.41. The van der Waals surface area contributed by atoms with Crippen molar-refractivity contribution in [3.8, 4) is 5.75 Å². The molecule has 1 aromatic carbocycles. The molecule has 0 radical (unpaired) electrons. The second kappa shape index (κ2) is 4.81. The molecule has 0 amide bonds. The Hall–Kier alpha value is -2.22. The number of nitrogens with zero attached hydrogens (tertiary/aromatic N) is 1. The average molecular weight is 285 g/mol. The minimum atomic E-state index is -4.15. The van der Waals surface area contributed by atoms with Crippen LogP contribution in [-0.4, -0.2) is 31.8 Å². The molecule has 1 heterocycles. The van der Waals surface area contributed by atoms with Gasteiger partial charge in [0.1, 0.15) is 18.2 Å². The van der Waals surface area contributed by atoms with E-state index in [0.29, 0.717) is 0 Å². The zero-order chi connectivity index (χ0) is 14.0. The molecule has 1 aliphatic rings. The number of sulfonamides is 1. The first-order valence-electron chi connectivity index (χ1n) is 5.06. The Labute approximate surface area is 107 Å². The maximum absolute atomic E-state index is 12.9. The fraction of sp³-hybridized carbons (Fsp3) is 0.0909. The molecule has 0 saturated heterocycles. The van der Waals surface area contributed by atoms with Crippen molar-refractivity contribution in [1.82, 2.24) is 0 Å². The molecular weight excluding hydrogens is 277 g/mol. The molecule has 1 N–H and O–H groups in total. The third-order valence-electron chi connectivity index (χ3n) is 2.21. The van der Waals surface area contributed by atoms with E-state index in [4.69, 9.17) is 9.84 Å². The lowest BCUT2D eigenvalue weighted by Crippen LogP contribution is -2.08. The highest BCUT2D eigenvalue weighted by Gasteiger charge is 2.30. The summed E-state index contributed by atoms with van der Waals surface area (Å²) in [7, 11) is -4.15. The molecule has 100 valence electrons. The van der Waals surface area contributed by atoms with Crippen LogP contribution in [0.5, 0.6) is 5.75 Å². The van der Waals surface area contributed by atoms with Gasteiger partial charge >= 0.3 is 5.97 Å². The molecule has 8 heteroatoms. The Kier molecular flexibility index (Phi) is 3.34. The number of hydrogen-bond donors (Lipinski definition) is 1. The Morgan fingerprint density at radius 1 is 1.42 bits per heavy atom. The Morgan fingerprint density at radius 3 is 2.74 bits per heavy atom. The predicted octanol–water partition coefficient (Wildman–Crippen LogP) is 0.957. The number of ether oxygens (including phenoxy) is 1. The monoisotopic (exact) mass is 285 g/mol. The molecule has 0 unspecified atom stereocenters. The van der Waals surface area contributed by atoms with Crippen molar-refractivity contribution >= 4 is 21.7 Å². The summed E-state index contributed by atoms with van der Waals surface area (Å²) in [5.74, 6) is -1.89. The van der Waals surface area contributed by atoms with Crippen molar-refractivity contribution in [3.05, 3.63) is 41.1 Å². The first kappa shape index (κ1) is 13.2. The van der Waals surface area contributed by atoms with E-state index in [0.717, 1.165) is 12.1 Å². The third-order valence-corrected chi connectivity index (χ3v) is 3.53. The van der Waals surface area contributed by atoms with E-state index >= 15 is 0 Å². The molecule has 0 spiro atoms. The molecule has 6 nitrogen and oxygen atoms in total. The van der Waals surface area contributed by atoms with E-state index in [-0.39, 0.29) is 18.1 Å². The molecule has 0 atom stereocenters. The van der Waals surface area contributed by atoms with Gasteiger partial charge in [-0.25, -0.2) is 9.18 Å². The number of carboxylic acids is 1. The third kappa shape index (κ3) is 2.97. The number of halogens is 1. The normalized spacial score (nSPS) is 16.7. The van der Waals surface area contributed by atoms with E-state index < -0.39 is 26.7 Å². The Morgan fingerprint density at radius 2 is 2.16 bits per heavy atom.